The van der Waals surface area contributed by atoms with Gasteiger partial charge < -0.3 is 49.6 Å². The summed E-state index contributed by atoms with van der Waals surface area (Å²) in [6, 6.07) is 9.57. The van der Waals surface area contributed by atoms with Crippen LogP contribution in [0, 0.1) is 41.4 Å². The van der Waals surface area contributed by atoms with Crippen molar-refractivity contribution in [2.45, 2.75) is 205 Å². The molecule has 354 valence electrons. The normalized spacial score (nSPS) is 40.5. The minimum atomic E-state index is -1.23. The third-order valence-electron chi connectivity index (χ3n) is 16.1. The molecule has 0 unspecified atom stereocenters. The number of aliphatic carboxylic acids is 1. The Morgan fingerprint density at radius 3 is 2.24 bits per heavy atom. The topological polar surface area (TPSA) is 165 Å². The highest BCUT2D eigenvalue weighted by atomic mass is 32.1. The summed E-state index contributed by atoms with van der Waals surface area (Å²) in [7, 11) is 0. The summed E-state index contributed by atoms with van der Waals surface area (Å²) in [5.41, 5.74) is -0.536. The van der Waals surface area contributed by atoms with E-state index >= 15 is 0 Å². The lowest BCUT2D eigenvalue weighted by atomic mass is 9.72. The van der Waals surface area contributed by atoms with Crippen LogP contribution < -0.4 is 10.6 Å². The molecule has 0 bridgehead atoms. The van der Waals surface area contributed by atoms with Gasteiger partial charge in [-0.1, -0.05) is 91.8 Å². The zero-order valence-electron chi connectivity index (χ0n) is 39.5. The van der Waals surface area contributed by atoms with Crippen LogP contribution in [-0.2, 0) is 39.8 Å². The van der Waals surface area contributed by atoms with Crippen LogP contribution in [0.3, 0.4) is 0 Å². The zero-order chi connectivity index (χ0) is 46.1. The molecule has 2 spiro atoms. The summed E-state index contributed by atoms with van der Waals surface area (Å²) in [5.74, 6) is -5.64. The smallest absolute Gasteiger partial charge is 0.309 e. The first-order valence-corrected chi connectivity index (χ1v) is 24.5. The molecular weight excluding hydrogens is 821 g/mol. The maximum atomic E-state index is 14.7. The van der Waals surface area contributed by atoms with Crippen LogP contribution in [0.1, 0.15) is 139 Å². The number of benzene rings is 1. The molecule has 5 aliphatic rings. The molecular formula is C50H78N2O10S. The Morgan fingerprint density at radius 2 is 1.60 bits per heavy atom. The first-order chi connectivity index (χ1) is 29.8. The molecule has 63 heavy (non-hydrogen) atoms. The average Bonchev–Trinajstić information content (AvgIpc) is 3.60. The second-order valence-corrected chi connectivity index (χ2v) is 20.7. The van der Waals surface area contributed by atoms with Gasteiger partial charge in [-0.25, -0.2) is 0 Å². The van der Waals surface area contributed by atoms with Crippen molar-refractivity contribution in [3.63, 3.8) is 0 Å². The summed E-state index contributed by atoms with van der Waals surface area (Å²) in [6.07, 6.45) is 7.22. The van der Waals surface area contributed by atoms with Gasteiger partial charge in [0.25, 0.3) is 0 Å². The van der Waals surface area contributed by atoms with Crippen LogP contribution in [0.15, 0.2) is 42.5 Å². The van der Waals surface area contributed by atoms with Crippen molar-refractivity contribution in [3.05, 3.63) is 48.0 Å². The Kier molecular flexibility index (Phi) is 16.0. The Balaban J connectivity index is 1.23. The molecule has 0 amide bonds. The Labute approximate surface area is 382 Å². The molecule has 1 aromatic rings. The van der Waals surface area contributed by atoms with Crippen molar-refractivity contribution in [3.8, 4) is 0 Å². The molecule has 6 rings (SSSR count). The number of ether oxygens (including phenoxy) is 5. The van der Waals surface area contributed by atoms with E-state index in [9.17, 15) is 24.9 Å². The number of hydrogen-bond acceptors (Lipinski definition) is 10. The average molecular weight is 899 g/mol. The summed E-state index contributed by atoms with van der Waals surface area (Å²) in [5, 5.41) is 40.4. The highest BCUT2D eigenvalue weighted by molar-refractivity contribution is 7.80. The number of ketones is 1. The third kappa shape index (κ3) is 10.3. The van der Waals surface area contributed by atoms with Gasteiger partial charge in [0.15, 0.2) is 16.7 Å². The van der Waals surface area contributed by atoms with Crippen molar-refractivity contribution in [1.82, 2.24) is 10.6 Å². The van der Waals surface area contributed by atoms with E-state index < -0.39 is 76.8 Å². The van der Waals surface area contributed by atoms with E-state index in [0.29, 0.717) is 63.0 Å². The number of hydrogen-bond donors (Lipinski definition) is 5. The molecule has 12 nitrogen and oxygen atoms in total. The summed E-state index contributed by atoms with van der Waals surface area (Å²) in [6.45, 7) is 20.5. The Bertz CT molecular complexity index is 1770. The monoisotopic (exact) mass is 899 g/mol. The summed E-state index contributed by atoms with van der Waals surface area (Å²) < 4.78 is 34.9. The fourth-order valence-corrected chi connectivity index (χ4v) is 11.8. The van der Waals surface area contributed by atoms with Gasteiger partial charge in [-0.05, 0) is 107 Å². The van der Waals surface area contributed by atoms with Crippen LogP contribution in [-0.4, -0.2) is 97.6 Å². The number of carbonyl (C=O) groups excluding carboxylic acids is 1. The highest BCUT2D eigenvalue weighted by Crippen LogP contribution is 2.54. The third-order valence-corrected chi connectivity index (χ3v) is 16.3. The Hall–Kier alpha value is -2.49. The molecule has 4 fully saturated rings. The number of nitrogens with one attached hydrogen (secondary N) is 2. The molecule has 13 heteroatoms. The molecule has 18 atom stereocenters. The van der Waals surface area contributed by atoms with E-state index in [4.69, 9.17) is 35.9 Å². The van der Waals surface area contributed by atoms with Crippen molar-refractivity contribution >= 4 is 29.1 Å². The second-order valence-electron chi connectivity index (χ2n) is 20.3. The SMILES string of the molecule is CC[C@@H](C(=O)[C@@H](C)[C@@H](O)[C@H](C)[C@@H]1O[C@@H]([C@@H](CC)C(=O)O)CC[C@@H]1C)[C@H]1O[C@]2(C=C[C@@H](NC(=S)NCc3ccccc3)[C@]3(CC[C@@](C)([C@H]4CC[C@](O)(CC)[C@H](C)O4)O3)O2)[C@H](C)C[C@@H]1C. The number of aliphatic hydroxyl groups is 2. The van der Waals surface area contributed by atoms with Gasteiger partial charge in [0, 0.05) is 36.6 Å². The van der Waals surface area contributed by atoms with Gasteiger partial charge in [0.05, 0.1) is 53.7 Å². The van der Waals surface area contributed by atoms with Crippen LogP contribution >= 0.6 is 12.2 Å². The lowest BCUT2D eigenvalue weighted by molar-refractivity contribution is -0.397. The van der Waals surface area contributed by atoms with Gasteiger partial charge in [0.1, 0.15) is 11.8 Å². The van der Waals surface area contributed by atoms with E-state index in [2.05, 4.69) is 44.4 Å². The number of Topliss-reactive ketones (excluding diaryl/α,β-unsaturated/α-hetero) is 1. The van der Waals surface area contributed by atoms with Crippen LogP contribution in [0.4, 0.5) is 0 Å². The Morgan fingerprint density at radius 1 is 0.905 bits per heavy atom. The van der Waals surface area contributed by atoms with Gasteiger partial charge in [-0.2, -0.15) is 0 Å². The van der Waals surface area contributed by atoms with Gasteiger partial charge in [-0.15, -0.1) is 0 Å². The minimum Gasteiger partial charge on any atom is -0.481 e. The van der Waals surface area contributed by atoms with Crippen LogP contribution in [0.2, 0.25) is 0 Å². The fourth-order valence-electron chi connectivity index (χ4n) is 11.6. The van der Waals surface area contributed by atoms with E-state index in [-0.39, 0.29) is 41.8 Å². The largest absolute Gasteiger partial charge is 0.481 e. The van der Waals surface area contributed by atoms with Crippen molar-refractivity contribution in [2.75, 3.05) is 0 Å². The molecule has 4 saturated heterocycles. The number of thiocarbonyl (C=S) groups is 1. The van der Waals surface area contributed by atoms with E-state index in [0.717, 1.165) is 18.4 Å². The maximum Gasteiger partial charge on any atom is 0.309 e. The molecule has 0 aromatic heterocycles. The minimum absolute atomic E-state index is 0.00788. The molecule has 5 aliphatic heterocycles. The summed E-state index contributed by atoms with van der Waals surface area (Å²) in [4.78, 5) is 26.8. The standard InChI is InChI=1S/C50H78N2O10S/c1-11-36(45(55)56)38-20-19-29(4)43(59-38)33(8)41(53)32(7)42(54)37(12-2)44-30(5)27-31(6)49(60-44)24-21-39(52-46(63)51-28-35-17-15-14-16-18-35)50(62-49)26-25-47(10,61-50)40-22-23-48(57,13-3)34(9)58-40/h14-18,21,24,29-34,36-41,43-44,53,57H,11-13,19-20,22-23,25-28H2,1-10H3,(H,55,56)(H2,51,52,63)/t29-,30-,31+,32-,33-,34-,36+,37-,38+,39+,40+,41+,43+,44-,47-,48+,49-,50-/m0/s1. The zero-order valence-corrected chi connectivity index (χ0v) is 40.3. The lowest BCUT2D eigenvalue weighted by Gasteiger charge is -2.55. The van der Waals surface area contributed by atoms with Gasteiger partial charge in [0.2, 0.25) is 0 Å². The van der Waals surface area contributed by atoms with Crippen molar-refractivity contribution in [1.29, 1.82) is 0 Å². The number of aliphatic hydroxyl groups excluding tert-OH is 1. The van der Waals surface area contributed by atoms with Crippen LogP contribution in [0.25, 0.3) is 0 Å². The molecule has 1 aromatic carbocycles. The van der Waals surface area contributed by atoms with E-state index in [1.54, 1.807) is 6.92 Å². The first-order valence-electron chi connectivity index (χ1n) is 24.1. The predicted octanol–water partition coefficient (Wildman–Crippen LogP) is 7.86. The summed E-state index contributed by atoms with van der Waals surface area (Å²) >= 11 is 5.88. The van der Waals surface area contributed by atoms with Crippen molar-refractivity contribution < 1.29 is 48.6 Å². The lowest BCUT2D eigenvalue weighted by Crippen LogP contribution is -2.66. The van der Waals surface area contributed by atoms with Crippen molar-refractivity contribution in [2.24, 2.45) is 41.4 Å². The molecule has 5 N–H and O–H groups in total. The molecule has 0 saturated carbocycles. The fraction of sp³-hybridized carbons (Fsp3) is 0.780. The highest BCUT2D eigenvalue weighted by Gasteiger charge is 2.63. The van der Waals surface area contributed by atoms with E-state index in [1.165, 1.54) is 0 Å². The second kappa shape index (κ2) is 20.2. The number of rotatable bonds is 15. The first kappa shape index (κ1) is 49.9. The van der Waals surface area contributed by atoms with Gasteiger partial charge in [-0.3, -0.25) is 9.59 Å². The molecule has 5 heterocycles. The number of carboxylic acids is 1. The quantitative estimate of drug-likeness (QED) is 0.0855. The van der Waals surface area contributed by atoms with E-state index in [1.807, 2.05) is 71.0 Å². The molecule has 0 aliphatic carbocycles. The maximum absolute atomic E-state index is 14.7. The van der Waals surface area contributed by atoms with Gasteiger partial charge >= 0.3 is 5.97 Å². The predicted molar refractivity (Wildman–Crippen MR) is 245 cm³/mol. The molecule has 0 radical (unpaired) electrons. The number of carbonyl (C=O) groups is 2. The number of carboxylic acid groups (broad SMARTS) is 1. The van der Waals surface area contributed by atoms with Crippen LogP contribution in [0.5, 0.6) is 0 Å².